The van der Waals surface area contributed by atoms with E-state index in [9.17, 15) is 24.1 Å². The number of amides is 2. The van der Waals surface area contributed by atoms with Crippen molar-refractivity contribution in [1.82, 2.24) is 4.90 Å². The summed E-state index contributed by atoms with van der Waals surface area (Å²) in [6, 6.07) is 2.84. The number of rotatable bonds is 6. The van der Waals surface area contributed by atoms with Gasteiger partial charge in [0.15, 0.2) is 6.73 Å². The number of carbonyl (C=O) groups is 2. The van der Waals surface area contributed by atoms with E-state index in [0.717, 1.165) is 18.2 Å². The number of nitrogens with zero attached hydrogens (tertiary/aromatic N) is 2. The fraction of sp³-hybridized carbons (Fsp3) is 0.444. The molecule has 1 aliphatic rings. The third-order valence-corrected chi connectivity index (χ3v) is 5.33. The number of hydrogen-bond acceptors (Lipinski definition) is 6. The second-order valence-electron chi connectivity index (χ2n) is 6.99. The fourth-order valence-electron chi connectivity index (χ4n) is 2.46. The SMILES string of the molecule is CC1=C(SC(C)C)C(=O)N(C(C)(C)C(=O)Nc2cc([N+](=O)[O-])ccc2F)CO1. The van der Waals surface area contributed by atoms with E-state index in [4.69, 9.17) is 4.74 Å². The van der Waals surface area contributed by atoms with Crippen molar-refractivity contribution in [2.75, 3.05) is 12.0 Å². The van der Waals surface area contributed by atoms with Crippen LogP contribution in [0.4, 0.5) is 15.8 Å². The van der Waals surface area contributed by atoms with Gasteiger partial charge < -0.3 is 10.1 Å². The van der Waals surface area contributed by atoms with Crippen LogP contribution in [0.3, 0.4) is 0 Å². The predicted octanol–water partition coefficient (Wildman–Crippen LogP) is 3.64. The summed E-state index contributed by atoms with van der Waals surface area (Å²) in [5, 5.41) is 13.4. The molecular weight excluding hydrogens is 389 g/mol. The van der Waals surface area contributed by atoms with Crippen molar-refractivity contribution in [3.05, 3.63) is 44.8 Å². The topological polar surface area (TPSA) is 102 Å². The van der Waals surface area contributed by atoms with Gasteiger partial charge >= 0.3 is 0 Å². The summed E-state index contributed by atoms with van der Waals surface area (Å²) in [6.45, 7) is 8.41. The maximum absolute atomic E-state index is 14.0. The van der Waals surface area contributed by atoms with Gasteiger partial charge in [-0.15, -0.1) is 11.8 Å². The fourth-order valence-corrected chi connectivity index (χ4v) is 3.37. The number of carbonyl (C=O) groups excluding carboxylic acids is 2. The van der Waals surface area contributed by atoms with Crippen LogP contribution < -0.4 is 5.32 Å². The Balaban J connectivity index is 2.27. The maximum atomic E-state index is 14.0. The van der Waals surface area contributed by atoms with Crippen LogP contribution in [0.1, 0.15) is 34.6 Å². The molecule has 1 aromatic carbocycles. The van der Waals surface area contributed by atoms with E-state index >= 15 is 0 Å². The van der Waals surface area contributed by atoms with Gasteiger partial charge in [-0.1, -0.05) is 13.8 Å². The molecule has 0 aliphatic carbocycles. The minimum Gasteiger partial charge on any atom is -0.476 e. The Morgan fingerprint density at radius 3 is 2.64 bits per heavy atom. The highest BCUT2D eigenvalue weighted by Crippen LogP contribution is 2.33. The van der Waals surface area contributed by atoms with Gasteiger partial charge in [0.2, 0.25) is 5.91 Å². The first-order chi connectivity index (χ1) is 12.9. The Hall–Kier alpha value is -2.62. The molecule has 28 heavy (non-hydrogen) atoms. The van der Waals surface area contributed by atoms with Crippen LogP contribution >= 0.6 is 11.8 Å². The number of ether oxygens (including phenoxy) is 1. The maximum Gasteiger partial charge on any atom is 0.271 e. The number of allylic oxidation sites excluding steroid dienone is 1. The summed E-state index contributed by atoms with van der Waals surface area (Å²) in [6.07, 6.45) is 0. The van der Waals surface area contributed by atoms with Crippen LogP contribution in [0.15, 0.2) is 28.9 Å². The molecule has 0 radical (unpaired) electrons. The van der Waals surface area contributed by atoms with Crippen LogP contribution in [0, 0.1) is 15.9 Å². The molecule has 0 atom stereocenters. The Kier molecular flexibility index (Phi) is 6.33. The molecule has 0 unspecified atom stereocenters. The van der Waals surface area contributed by atoms with E-state index in [1.807, 2.05) is 13.8 Å². The highest BCUT2D eigenvalue weighted by molar-refractivity contribution is 8.04. The summed E-state index contributed by atoms with van der Waals surface area (Å²) in [5.41, 5.74) is -2.08. The third kappa shape index (κ3) is 4.44. The zero-order valence-corrected chi connectivity index (χ0v) is 17.1. The van der Waals surface area contributed by atoms with Crippen LogP contribution in [0.2, 0.25) is 0 Å². The Bertz CT molecular complexity index is 854. The third-order valence-electron chi connectivity index (χ3n) is 4.16. The first-order valence-corrected chi connectivity index (χ1v) is 9.40. The number of anilines is 1. The average Bonchev–Trinajstić information content (AvgIpc) is 2.59. The summed E-state index contributed by atoms with van der Waals surface area (Å²) in [7, 11) is 0. The largest absolute Gasteiger partial charge is 0.476 e. The summed E-state index contributed by atoms with van der Waals surface area (Å²) in [4.78, 5) is 37.6. The molecule has 0 saturated heterocycles. The Morgan fingerprint density at radius 1 is 1.43 bits per heavy atom. The molecule has 10 heteroatoms. The zero-order chi connectivity index (χ0) is 21.2. The van der Waals surface area contributed by atoms with Crippen molar-refractivity contribution in [3.63, 3.8) is 0 Å². The van der Waals surface area contributed by atoms with Crippen LogP contribution in [0.25, 0.3) is 0 Å². The second kappa shape index (κ2) is 8.17. The standard InChI is InChI=1S/C18H22FN3O5S/c1-10(2)28-15-11(3)27-9-21(16(15)23)18(4,5)17(24)20-14-8-12(22(25)26)6-7-13(14)19/h6-8,10H,9H2,1-5H3,(H,20,24). The Labute approximate surface area is 166 Å². The second-order valence-corrected chi connectivity index (χ2v) is 8.58. The predicted molar refractivity (Wildman–Crippen MR) is 104 cm³/mol. The minimum atomic E-state index is -1.39. The first kappa shape index (κ1) is 21.7. The molecule has 0 saturated carbocycles. The number of non-ortho nitro benzene ring substituents is 1. The van der Waals surface area contributed by atoms with Crippen molar-refractivity contribution < 1.29 is 23.6 Å². The minimum absolute atomic E-state index is 0.133. The van der Waals surface area contributed by atoms with Crippen LogP contribution in [0.5, 0.6) is 0 Å². The molecule has 1 aliphatic heterocycles. The summed E-state index contributed by atoms with van der Waals surface area (Å²) < 4.78 is 19.6. The van der Waals surface area contributed by atoms with Gasteiger partial charge in [-0.2, -0.15) is 0 Å². The molecule has 2 amide bonds. The number of nitro benzene ring substituents is 1. The average molecular weight is 411 g/mol. The van der Waals surface area contributed by atoms with Gasteiger partial charge in [-0.3, -0.25) is 24.6 Å². The lowest BCUT2D eigenvalue weighted by Gasteiger charge is -2.40. The van der Waals surface area contributed by atoms with Gasteiger partial charge in [-0.05, 0) is 26.8 Å². The van der Waals surface area contributed by atoms with Gasteiger partial charge in [-0.25, -0.2) is 4.39 Å². The molecule has 0 spiro atoms. The molecule has 8 nitrogen and oxygen atoms in total. The van der Waals surface area contributed by atoms with E-state index in [1.165, 1.54) is 30.5 Å². The van der Waals surface area contributed by atoms with E-state index in [1.54, 1.807) is 6.92 Å². The highest BCUT2D eigenvalue weighted by Gasteiger charge is 2.42. The number of benzene rings is 1. The van der Waals surface area contributed by atoms with Gasteiger partial charge in [0.05, 0.1) is 10.6 Å². The lowest BCUT2D eigenvalue weighted by molar-refractivity contribution is -0.384. The summed E-state index contributed by atoms with van der Waals surface area (Å²) in [5.74, 6) is -1.39. The lowest BCUT2D eigenvalue weighted by atomic mass is 10.0. The van der Waals surface area contributed by atoms with Crippen molar-refractivity contribution in [1.29, 1.82) is 0 Å². The molecule has 0 aromatic heterocycles. The molecule has 1 N–H and O–H groups in total. The monoisotopic (exact) mass is 411 g/mol. The number of nitro groups is 1. The van der Waals surface area contributed by atoms with E-state index in [-0.39, 0.29) is 29.3 Å². The lowest BCUT2D eigenvalue weighted by Crippen LogP contribution is -2.57. The van der Waals surface area contributed by atoms with E-state index in [2.05, 4.69) is 5.32 Å². The molecule has 1 heterocycles. The summed E-state index contributed by atoms with van der Waals surface area (Å²) >= 11 is 1.33. The van der Waals surface area contributed by atoms with Gasteiger partial charge in [0, 0.05) is 17.4 Å². The van der Waals surface area contributed by atoms with Crippen LogP contribution in [-0.2, 0) is 14.3 Å². The number of thioether (sulfide) groups is 1. The van der Waals surface area contributed by atoms with E-state index < -0.39 is 22.2 Å². The highest BCUT2D eigenvalue weighted by atomic mass is 32.2. The molecule has 1 aromatic rings. The quantitative estimate of drug-likeness (QED) is 0.566. The Morgan fingerprint density at radius 2 is 2.07 bits per heavy atom. The first-order valence-electron chi connectivity index (χ1n) is 8.52. The number of halogens is 1. The van der Waals surface area contributed by atoms with Crippen molar-refractivity contribution in [3.8, 4) is 0 Å². The molecular formula is C18H22FN3O5S. The molecule has 2 rings (SSSR count). The zero-order valence-electron chi connectivity index (χ0n) is 16.2. The van der Waals surface area contributed by atoms with Crippen LogP contribution in [-0.4, -0.2) is 39.2 Å². The van der Waals surface area contributed by atoms with Crippen molar-refractivity contribution >= 4 is 35.0 Å². The van der Waals surface area contributed by atoms with E-state index in [0.29, 0.717) is 10.7 Å². The van der Waals surface area contributed by atoms with Crippen molar-refractivity contribution in [2.45, 2.75) is 45.4 Å². The smallest absolute Gasteiger partial charge is 0.271 e. The number of hydrogen-bond donors (Lipinski definition) is 1. The van der Waals surface area contributed by atoms with Gasteiger partial charge in [0.1, 0.15) is 22.0 Å². The van der Waals surface area contributed by atoms with Gasteiger partial charge in [0.25, 0.3) is 11.6 Å². The molecule has 0 fully saturated rings. The molecule has 152 valence electrons. The van der Waals surface area contributed by atoms with Crippen molar-refractivity contribution in [2.24, 2.45) is 0 Å². The molecule has 0 bridgehead atoms. The normalized spacial score (nSPS) is 15.0. The number of nitrogens with one attached hydrogen (secondary N) is 1.